The van der Waals surface area contributed by atoms with Gasteiger partial charge in [0.2, 0.25) is 11.8 Å². The predicted molar refractivity (Wildman–Crippen MR) is 97.0 cm³/mol. The quantitative estimate of drug-likeness (QED) is 0.760. The van der Waals surface area contributed by atoms with Crippen molar-refractivity contribution in [3.63, 3.8) is 0 Å². The van der Waals surface area contributed by atoms with Crippen molar-refractivity contribution in [1.82, 2.24) is 15.5 Å². The molecule has 3 aliphatic rings. The molecule has 27 heavy (non-hydrogen) atoms. The van der Waals surface area contributed by atoms with E-state index in [4.69, 9.17) is 0 Å². The van der Waals surface area contributed by atoms with Crippen LogP contribution in [0.5, 0.6) is 0 Å². The summed E-state index contributed by atoms with van der Waals surface area (Å²) < 4.78 is 0. The lowest BCUT2D eigenvalue weighted by Crippen LogP contribution is -2.55. The highest BCUT2D eigenvalue weighted by Gasteiger charge is 2.48. The van der Waals surface area contributed by atoms with E-state index in [0.29, 0.717) is 32.4 Å². The van der Waals surface area contributed by atoms with Crippen LogP contribution in [-0.4, -0.2) is 53.8 Å². The Labute approximate surface area is 156 Å². The molecule has 0 unspecified atom stereocenters. The molecule has 0 radical (unpaired) electrons. The molecule has 5 amide bonds. The van der Waals surface area contributed by atoms with Crippen LogP contribution >= 0.6 is 0 Å². The van der Waals surface area contributed by atoms with Crippen LogP contribution in [0.2, 0.25) is 0 Å². The molecule has 8 nitrogen and oxygen atoms in total. The van der Waals surface area contributed by atoms with E-state index in [1.807, 2.05) is 24.3 Å². The van der Waals surface area contributed by atoms with E-state index in [1.165, 1.54) is 0 Å². The molecule has 0 aromatic heterocycles. The Hall–Kier alpha value is -2.90. The number of carbonyl (C=O) groups is 4. The molecule has 3 fully saturated rings. The zero-order valence-electron chi connectivity index (χ0n) is 15.0. The van der Waals surface area contributed by atoms with Crippen LogP contribution in [0.25, 0.3) is 0 Å². The van der Waals surface area contributed by atoms with Crippen LogP contribution < -0.4 is 15.5 Å². The second kappa shape index (κ2) is 6.68. The van der Waals surface area contributed by atoms with Gasteiger partial charge in [0, 0.05) is 31.7 Å². The average Bonchev–Trinajstić information content (AvgIpc) is 3.19. The van der Waals surface area contributed by atoms with Gasteiger partial charge in [0.15, 0.2) is 0 Å². The molecule has 142 valence electrons. The van der Waals surface area contributed by atoms with Gasteiger partial charge in [-0.25, -0.2) is 4.79 Å². The lowest BCUT2D eigenvalue weighted by molar-refractivity contribution is -0.135. The molecule has 3 heterocycles. The van der Waals surface area contributed by atoms with Crippen LogP contribution in [0.4, 0.5) is 10.5 Å². The fourth-order valence-electron chi connectivity index (χ4n) is 4.02. The minimum Gasteiger partial charge on any atom is -0.342 e. The maximum absolute atomic E-state index is 12.6. The highest BCUT2D eigenvalue weighted by molar-refractivity contribution is 6.07. The first-order valence-corrected chi connectivity index (χ1v) is 9.28. The summed E-state index contributed by atoms with van der Waals surface area (Å²) in [5, 5.41) is 4.97. The molecule has 2 N–H and O–H groups in total. The third-order valence-corrected chi connectivity index (χ3v) is 5.66. The highest BCUT2D eigenvalue weighted by atomic mass is 16.2. The fourth-order valence-corrected chi connectivity index (χ4v) is 4.02. The molecule has 0 bridgehead atoms. The summed E-state index contributed by atoms with van der Waals surface area (Å²) in [5.41, 5.74) is 0.900. The van der Waals surface area contributed by atoms with E-state index in [-0.39, 0.29) is 24.1 Å². The summed E-state index contributed by atoms with van der Waals surface area (Å²) in [5.74, 6) is -0.157. The summed E-state index contributed by atoms with van der Waals surface area (Å²) in [6.07, 6.45) is 2.60. The molecule has 3 saturated heterocycles. The first-order valence-electron chi connectivity index (χ1n) is 9.28. The molecule has 0 saturated carbocycles. The summed E-state index contributed by atoms with van der Waals surface area (Å²) in [7, 11) is 0. The number of hydrogen-bond acceptors (Lipinski definition) is 4. The van der Waals surface area contributed by atoms with Gasteiger partial charge in [-0.3, -0.25) is 19.7 Å². The number of rotatable bonds is 3. The average molecular weight is 370 g/mol. The fraction of sp³-hybridized carbons (Fsp3) is 0.474. The van der Waals surface area contributed by atoms with E-state index in [0.717, 1.165) is 24.2 Å². The van der Waals surface area contributed by atoms with E-state index >= 15 is 0 Å². The van der Waals surface area contributed by atoms with Crippen molar-refractivity contribution in [2.45, 2.75) is 37.6 Å². The lowest BCUT2D eigenvalue weighted by Gasteiger charge is -2.37. The number of nitrogens with zero attached hydrogens (tertiary/aromatic N) is 2. The van der Waals surface area contributed by atoms with Crippen LogP contribution in [0.3, 0.4) is 0 Å². The Bertz CT molecular complexity index is 796. The lowest BCUT2D eigenvalue weighted by atomic mass is 9.87. The van der Waals surface area contributed by atoms with Crippen molar-refractivity contribution in [2.75, 3.05) is 24.5 Å². The third kappa shape index (κ3) is 3.27. The molecule has 1 aromatic rings. The van der Waals surface area contributed by atoms with Crippen LogP contribution in [-0.2, 0) is 20.8 Å². The molecule has 3 aliphatic heterocycles. The van der Waals surface area contributed by atoms with Crippen LogP contribution in [0.15, 0.2) is 24.3 Å². The molecule has 0 atom stereocenters. The normalized spacial score (nSPS) is 21.6. The van der Waals surface area contributed by atoms with Gasteiger partial charge in [0.1, 0.15) is 5.54 Å². The SMILES string of the molecule is O=C1NC(=O)C2(CCN(C(=O)Cc3ccc(N4CCCC4=O)cc3)CC2)N1. The number of hydrogen-bond donors (Lipinski definition) is 2. The Morgan fingerprint density at radius 3 is 2.30 bits per heavy atom. The number of benzene rings is 1. The molecule has 8 heteroatoms. The number of likely N-dealkylation sites (tertiary alicyclic amines) is 1. The van der Waals surface area contributed by atoms with Gasteiger partial charge in [-0.15, -0.1) is 0 Å². The second-order valence-electron chi connectivity index (χ2n) is 7.36. The Morgan fingerprint density at radius 1 is 1.04 bits per heavy atom. The Morgan fingerprint density at radius 2 is 1.74 bits per heavy atom. The Kier molecular flexibility index (Phi) is 4.33. The molecule has 1 aromatic carbocycles. The van der Waals surface area contributed by atoms with Gasteiger partial charge in [-0.1, -0.05) is 12.1 Å². The van der Waals surface area contributed by atoms with Crippen molar-refractivity contribution in [3.8, 4) is 0 Å². The van der Waals surface area contributed by atoms with Crippen LogP contribution in [0.1, 0.15) is 31.2 Å². The molecule has 1 spiro atoms. The maximum Gasteiger partial charge on any atom is 0.322 e. The van der Waals surface area contributed by atoms with Crippen LogP contribution in [0, 0.1) is 0 Å². The second-order valence-corrected chi connectivity index (χ2v) is 7.36. The summed E-state index contributed by atoms with van der Waals surface area (Å²) >= 11 is 0. The number of anilines is 1. The zero-order valence-corrected chi connectivity index (χ0v) is 15.0. The molecule has 4 rings (SSSR count). The number of imide groups is 1. The predicted octanol–water partition coefficient (Wildman–Crippen LogP) is 0.556. The number of amides is 5. The van der Waals surface area contributed by atoms with E-state index in [9.17, 15) is 19.2 Å². The number of nitrogens with one attached hydrogen (secondary N) is 2. The topological polar surface area (TPSA) is 98.8 Å². The smallest absolute Gasteiger partial charge is 0.322 e. The Balaban J connectivity index is 1.34. The van der Waals surface area contributed by atoms with Crippen molar-refractivity contribution in [3.05, 3.63) is 29.8 Å². The standard InChI is InChI=1S/C19H22N4O4/c24-15-2-1-9-23(15)14-5-3-13(4-6-14)12-16(25)22-10-7-19(8-11-22)17(26)20-18(27)21-19/h3-6H,1-2,7-12H2,(H2,20,21,26,27). The minimum absolute atomic E-state index is 0.000388. The van der Waals surface area contributed by atoms with Gasteiger partial charge in [-0.05, 0) is 37.0 Å². The number of carbonyl (C=O) groups excluding carboxylic acids is 4. The summed E-state index contributed by atoms with van der Waals surface area (Å²) in [6, 6.07) is 7.07. The molecular formula is C19H22N4O4. The van der Waals surface area contributed by atoms with Crippen molar-refractivity contribution in [1.29, 1.82) is 0 Å². The van der Waals surface area contributed by atoms with Gasteiger partial charge in [0.25, 0.3) is 5.91 Å². The van der Waals surface area contributed by atoms with E-state index < -0.39 is 11.6 Å². The van der Waals surface area contributed by atoms with E-state index in [2.05, 4.69) is 10.6 Å². The monoisotopic (exact) mass is 370 g/mol. The first kappa shape index (κ1) is 17.5. The number of piperidine rings is 1. The largest absolute Gasteiger partial charge is 0.342 e. The van der Waals surface area contributed by atoms with Crippen molar-refractivity contribution < 1.29 is 19.2 Å². The van der Waals surface area contributed by atoms with Gasteiger partial charge >= 0.3 is 6.03 Å². The minimum atomic E-state index is -0.863. The third-order valence-electron chi connectivity index (χ3n) is 5.66. The summed E-state index contributed by atoms with van der Waals surface area (Å²) in [6.45, 7) is 1.62. The zero-order chi connectivity index (χ0) is 19.0. The molecular weight excluding hydrogens is 348 g/mol. The van der Waals surface area contributed by atoms with E-state index in [1.54, 1.807) is 9.80 Å². The first-order chi connectivity index (χ1) is 13.0. The molecule has 0 aliphatic carbocycles. The summed E-state index contributed by atoms with van der Waals surface area (Å²) in [4.78, 5) is 51.2. The number of urea groups is 1. The van der Waals surface area contributed by atoms with Gasteiger partial charge in [0.05, 0.1) is 6.42 Å². The highest BCUT2D eigenvalue weighted by Crippen LogP contribution is 2.26. The van der Waals surface area contributed by atoms with Gasteiger partial charge < -0.3 is 15.1 Å². The van der Waals surface area contributed by atoms with Crippen molar-refractivity contribution in [2.24, 2.45) is 0 Å². The van der Waals surface area contributed by atoms with Crippen molar-refractivity contribution >= 4 is 29.4 Å². The van der Waals surface area contributed by atoms with Gasteiger partial charge in [-0.2, -0.15) is 0 Å². The maximum atomic E-state index is 12.6.